The van der Waals surface area contributed by atoms with Crippen LogP contribution in [0.2, 0.25) is 0 Å². The van der Waals surface area contributed by atoms with Crippen LogP contribution in [-0.2, 0) is 4.79 Å². The third-order valence-corrected chi connectivity index (χ3v) is 5.46. The van der Waals surface area contributed by atoms with Gasteiger partial charge in [0.2, 0.25) is 5.91 Å². The van der Waals surface area contributed by atoms with Gasteiger partial charge in [0.05, 0.1) is 0 Å². The number of carbonyl (C=O) groups is 2. The number of nitrogens with two attached hydrogens (primary N) is 1. The summed E-state index contributed by atoms with van der Waals surface area (Å²) in [5.41, 5.74) is 6.91. The van der Waals surface area contributed by atoms with E-state index in [1.807, 2.05) is 43.3 Å². The lowest BCUT2D eigenvalue weighted by Gasteiger charge is -2.30. The van der Waals surface area contributed by atoms with Crippen molar-refractivity contribution >= 4 is 11.9 Å². The molecule has 4 N–H and O–H groups in total. The highest BCUT2D eigenvalue weighted by Crippen LogP contribution is 2.30. The molecule has 3 rings (SSSR count). The van der Waals surface area contributed by atoms with Crippen LogP contribution in [0.4, 0.5) is 4.79 Å². The van der Waals surface area contributed by atoms with Crippen LogP contribution in [-0.4, -0.2) is 23.5 Å². The van der Waals surface area contributed by atoms with E-state index < -0.39 is 11.4 Å². The zero-order valence-electron chi connectivity index (χ0n) is 15.7. The molecule has 0 aromatic heterocycles. The van der Waals surface area contributed by atoms with Gasteiger partial charge >= 0.3 is 6.03 Å². The summed E-state index contributed by atoms with van der Waals surface area (Å²) >= 11 is 0. The number of hydrogen-bond donors (Lipinski definition) is 3. The van der Waals surface area contributed by atoms with Crippen molar-refractivity contribution in [2.24, 2.45) is 5.73 Å². The SMILES string of the molecule is C[C@H](NC(=O)NC1(C(N)=O)CCCC1)C(c1ccccc1)c1ccccc1. The minimum atomic E-state index is -0.918. The van der Waals surface area contributed by atoms with Crippen LogP contribution in [0.25, 0.3) is 0 Å². The summed E-state index contributed by atoms with van der Waals surface area (Å²) in [4.78, 5) is 24.6. The number of hydrogen-bond acceptors (Lipinski definition) is 2. The van der Waals surface area contributed by atoms with E-state index in [4.69, 9.17) is 5.73 Å². The number of benzene rings is 2. The number of urea groups is 1. The van der Waals surface area contributed by atoms with Crippen LogP contribution >= 0.6 is 0 Å². The van der Waals surface area contributed by atoms with E-state index in [1.165, 1.54) is 0 Å². The molecule has 27 heavy (non-hydrogen) atoms. The fraction of sp³-hybridized carbons (Fsp3) is 0.364. The van der Waals surface area contributed by atoms with Gasteiger partial charge in [-0.05, 0) is 30.9 Å². The Morgan fingerprint density at radius 3 is 1.85 bits per heavy atom. The van der Waals surface area contributed by atoms with Crippen LogP contribution in [0.15, 0.2) is 60.7 Å². The molecule has 1 aliphatic rings. The molecule has 1 fully saturated rings. The predicted molar refractivity (Wildman–Crippen MR) is 106 cm³/mol. The monoisotopic (exact) mass is 365 g/mol. The van der Waals surface area contributed by atoms with Gasteiger partial charge in [-0.15, -0.1) is 0 Å². The Morgan fingerprint density at radius 1 is 0.926 bits per heavy atom. The molecule has 0 spiro atoms. The summed E-state index contributed by atoms with van der Waals surface area (Å²) in [5, 5.41) is 5.88. The Bertz CT molecular complexity index is 731. The molecule has 0 unspecified atom stereocenters. The summed E-state index contributed by atoms with van der Waals surface area (Å²) < 4.78 is 0. The lowest BCUT2D eigenvalue weighted by molar-refractivity contribution is -0.123. The molecule has 0 heterocycles. The fourth-order valence-corrected chi connectivity index (χ4v) is 4.05. The summed E-state index contributed by atoms with van der Waals surface area (Å²) in [5.74, 6) is -0.447. The molecule has 0 bridgehead atoms. The normalized spacial score (nSPS) is 16.7. The Balaban J connectivity index is 1.77. The number of amides is 3. The highest BCUT2D eigenvalue weighted by molar-refractivity contribution is 5.90. The van der Waals surface area contributed by atoms with Gasteiger partial charge in [0.25, 0.3) is 0 Å². The molecular weight excluding hydrogens is 338 g/mol. The first-order valence-electron chi connectivity index (χ1n) is 9.50. The average molecular weight is 365 g/mol. The maximum atomic E-state index is 12.7. The molecule has 3 amide bonds. The standard InChI is InChI=1S/C22H27N3O2/c1-16(24-21(27)25-22(20(23)26)14-8-9-15-22)19(17-10-4-2-5-11-17)18-12-6-3-7-13-18/h2-7,10-13,16,19H,8-9,14-15H2,1H3,(H2,23,26)(H2,24,25,27)/t16-/m0/s1. The Labute approximate surface area is 160 Å². The predicted octanol–water partition coefficient (Wildman–Crippen LogP) is 3.30. The van der Waals surface area contributed by atoms with E-state index in [1.54, 1.807) is 0 Å². The van der Waals surface area contributed by atoms with Crippen LogP contribution in [0.5, 0.6) is 0 Å². The Hall–Kier alpha value is -2.82. The first-order chi connectivity index (χ1) is 13.0. The molecule has 0 aliphatic heterocycles. The molecule has 5 nitrogen and oxygen atoms in total. The molecule has 1 aliphatic carbocycles. The summed E-state index contributed by atoms with van der Waals surface area (Å²) in [7, 11) is 0. The van der Waals surface area contributed by atoms with Crippen LogP contribution in [0, 0.1) is 0 Å². The average Bonchev–Trinajstić information content (AvgIpc) is 3.13. The smallest absolute Gasteiger partial charge is 0.315 e. The van der Waals surface area contributed by atoms with E-state index in [-0.39, 0.29) is 18.0 Å². The summed E-state index contributed by atoms with van der Waals surface area (Å²) in [6.45, 7) is 1.98. The second-order valence-electron chi connectivity index (χ2n) is 7.34. The number of rotatable bonds is 6. The maximum Gasteiger partial charge on any atom is 0.315 e. The van der Waals surface area contributed by atoms with Crippen molar-refractivity contribution in [3.05, 3.63) is 71.8 Å². The highest BCUT2D eigenvalue weighted by atomic mass is 16.2. The van der Waals surface area contributed by atoms with Gasteiger partial charge in [0.15, 0.2) is 0 Å². The van der Waals surface area contributed by atoms with Crippen molar-refractivity contribution in [1.29, 1.82) is 0 Å². The molecular formula is C22H27N3O2. The summed E-state index contributed by atoms with van der Waals surface area (Å²) in [6.07, 6.45) is 3.00. The van der Waals surface area contributed by atoms with Gasteiger partial charge in [-0.1, -0.05) is 73.5 Å². The van der Waals surface area contributed by atoms with Crippen molar-refractivity contribution in [3.63, 3.8) is 0 Å². The summed E-state index contributed by atoms with van der Waals surface area (Å²) in [6, 6.07) is 19.7. The molecule has 0 saturated heterocycles. The second-order valence-corrected chi connectivity index (χ2v) is 7.34. The molecule has 5 heteroatoms. The molecule has 1 atom stereocenters. The number of nitrogens with one attached hydrogen (secondary N) is 2. The Kier molecular flexibility index (Phi) is 5.79. The lowest BCUT2D eigenvalue weighted by atomic mass is 9.86. The second kappa shape index (κ2) is 8.25. The zero-order valence-corrected chi connectivity index (χ0v) is 15.7. The molecule has 2 aromatic carbocycles. The van der Waals surface area contributed by atoms with Crippen molar-refractivity contribution in [2.75, 3.05) is 0 Å². The lowest BCUT2D eigenvalue weighted by Crippen LogP contribution is -2.59. The number of primary amides is 1. The largest absolute Gasteiger partial charge is 0.368 e. The van der Waals surface area contributed by atoms with Gasteiger partial charge in [0.1, 0.15) is 5.54 Å². The van der Waals surface area contributed by atoms with E-state index in [2.05, 4.69) is 34.9 Å². The maximum absolute atomic E-state index is 12.7. The van der Waals surface area contributed by atoms with E-state index in [9.17, 15) is 9.59 Å². The Morgan fingerprint density at radius 2 is 1.41 bits per heavy atom. The third kappa shape index (κ3) is 4.30. The van der Waals surface area contributed by atoms with Gasteiger partial charge in [-0.2, -0.15) is 0 Å². The number of carbonyl (C=O) groups excluding carboxylic acids is 2. The van der Waals surface area contributed by atoms with Gasteiger partial charge < -0.3 is 16.4 Å². The molecule has 1 saturated carbocycles. The van der Waals surface area contributed by atoms with Crippen molar-refractivity contribution in [2.45, 2.75) is 50.1 Å². The van der Waals surface area contributed by atoms with Crippen molar-refractivity contribution in [1.82, 2.24) is 10.6 Å². The molecule has 142 valence electrons. The van der Waals surface area contributed by atoms with E-state index >= 15 is 0 Å². The van der Waals surface area contributed by atoms with Crippen molar-refractivity contribution < 1.29 is 9.59 Å². The van der Waals surface area contributed by atoms with Crippen LogP contribution in [0.3, 0.4) is 0 Å². The van der Waals surface area contributed by atoms with Gasteiger partial charge in [-0.25, -0.2) is 4.79 Å². The highest BCUT2D eigenvalue weighted by Gasteiger charge is 2.41. The van der Waals surface area contributed by atoms with Crippen LogP contribution in [0.1, 0.15) is 49.7 Å². The first-order valence-corrected chi connectivity index (χ1v) is 9.50. The first kappa shape index (κ1) is 19.0. The fourth-order valence-electron chi connectivity index (χ4n) is 4.05. The van der Waals surface area contributed by atoms with Crippen LogP contribution < -0.4 is 16.4 Å². The topological polar surface area (TPSA) is 84.2 Å². The minimum Gasteiger partial charge on any atom is -0.368 e. The van der Waals surface area contributed by atoms with Crippen molar-refractivity contribution in [3.8, 4) is 0 Å². The van der Waals surface area contributed by atoms with Gasteiger partial charge in [-0.3, -0.25) is 4.79 Å². The third-order valence-electron chi connectivity index (χ3n) is 5.46. The van der Waals surface area contributed by atoms with Gasteiger partial charge in [0, 0.05) is 12.0 Å². The quantitative estimate of drug-likeness (QED) is 0.734. The minimum absolute atomic E-state index is 0.00579. The molecule has 2 aromatic rings. The van der Waals surface area contributed by atoms with E-state index in [0.29, 0.717) is 12.8 Å². The molecule has 0 radical (unpaired) electrons. The van der Waals surface area contributed by atoms with E-state index in [0.717, 1.165) is 24.0 Å². The zero-order chi connectivity index (χ0) is 19.3.